The molecule has 0 aliphatic rings. The molecule has 0 rings (SSSR count). The summed E-state index contributed by atoms with van der Waals surface area (Å²) in [6.07, 6.45) is -0.308. The molecule has 2 radical (unpaired) electrons. The summed E-state index contributed by atoms with van der Waals surface area (Å²) in [4.78, 5) is 0. The van der Waals surface area contributed by atoms with E-state index in [1.807, 2.05) is 0 Å². The first kappa shape index (κ1) is 6.92. The summed E-state index contributed by atoms with van der Waals surface area (Å²) >= 11 is 0. The fraction of sp³-hybridized carbons (Fsp3) is 0.600. The predicted octanol–water partition coefficient (Wildman–Crippen LogP) is 0.0321. The second-order valence-corrected chi connectivity index (χ2v) is 1.18. The van der Waals surface area contributed by atoms with Crippen molar-refractivity contribution in [2.24, 2.45) is 0 Å². The van der Waals surface area contributed by atoms with Crippen molar-refractivity contribution in [3.63, 3.8) is 0 Å². The lowest BCUT2D eigenvalue weighted by atomic mass is 10.4. The molecule has 0 spiro atoms. The van der Waals surface area contributed by atoms with Gasteiger partial charge >= 0.3 is 0 Å². The van der Waals surface area contributed by atoms with E-state index in [9.17, 15) is 0 Å². The molecule has 1 atom stereocenters. The maximum Gasteiger partial charge on any atom is 0.0806 e. The summed E-state index contributed by atoms with van der Waals surface area (Å²) < 4.78 is 4.72. The number of hydrogen-bond donors (Lipinski definition) is 1. The molecule has 2 nitrogen and oxygen atoms in total. The van der Waals surface area contributed by atoms with Gasteiger partial charge in [0.05, 0.1) is 12.7 Å². The Morgan fingerprint density at radius 3 is 2.43 bits per heavy atom. The molecular formula is C5H10O2. The molecule has 0 aromatic carbocycles. The lowest BCUT2D eigenvalue weighted by Gasteiger charge is -2.04. The summed E-state index contributed by atoms with van der Waals surface area (Å²) in [7, 11) is 0. The molecule has 0 aliphatic heterocycles. The van der Waals surface area contributed by atoms with E-state index in [4.69, 9.17) is 9.84 Å². The molecule has 0 fully saturated rings. The minimum Gasteiger partial charge on any atom is -0.394 e. The van der Waals surface area contributed by atoms with Crippen molar-refractivity contribution in [3.05, 3.63) is 13.8 Å². The number of aliphatic hydroxyl groups excluding tert-OH is 1. The Morgan fingerprint density at radius 2 is 2.29 bits per heavy atom. The average Bonchev–Trinajstić information content (AvgIpc) is 1.68. The van der Waals surface area contributed by atoms with Gasteiger partial charge in [-0.1, -0.05) is 0 Å². The molecule has 2 heteroatoms. The van der Waals surface area contributed by atoms with E-state index in [2.05, 4.69) is 13.8 Å². The zero-order valence-electron chi connectivity index (χ0n) is 4.26. The van der Waals surface area contributed by atoms with E-state index in [0.717, 1.165) is 0 Å². The third kappa shape index (κ3) is 3.76. The van der Waals surface area contributed by atoms with Crippen molar-refractivity contribution in [1.82, 2.24) is 0 Å². The Hall–Kier alpha value is -0.0800. The van der Waals surface area contributed by atoms with Crippen LogP contribution in [0.3, 0.4) is 0 Å². The maximum atomic E-state index is 8.25. The lowest BCUT2D eigenvalue weighted by Crippen LogP contribution is -2.12. The highest BCUT2D eigenvalue weighted by Crippen LogP contribution is 1.83. The van der Waals surface area contributed by atoms with Crippen molar-refractivity contribution in [1.29, 1.82) is 0 Å². The van der Waals surface area contributed by atoms with Gasteiger partial charge in [-0.2, -0.15) is 0 Å². The van der Waals surface area contributed by atoms with Crippen LogP contribution in [0.25, 0.3) is 0 Å². The molecule has 7 heavy (non-hydrogen) atoms. The van der Waals surface area contributed by atoms with Crippen LogP contribution in [0.2, 0.25) is 0 Å². The SMILES string of the molecule is [CH2]COC([CH2])CO. The topological polar surface area (TPSA) is 29.5 Å². The molecule has 0 saturated carbocycles. The Bertz CT molecular complexity index is 37.1. The van der Waals surface area contributed by atoms with Crippen LogP contribution < -0.4 is 0 Å². The minimum atomic E-state index is -0.308. The minimum absolute atomic E-state index is 0.0322. The van der Waals surface area contributed by atoms with Crippen LogP contribution in [-0.4, -0.2) is 24.4 Å². The molecule has 0 aromatic heterocycles. The Balaban J connectivity index is 2.83. The highest BCUT2D eigenvalue weighted by Gasteiger charge is 1.93. The van der Waals surface area contributed by atoms with E-state index in [1.54, 1.807) is 0 Å². The van der Waals surface area contributed by atoms with Crippen molar-refractivity contribution >= 4 is 0 Å². The van der Waals surface area contributed by atoms with E-state index in [-0.39, 0.29) is 12.7 Å². The van der Waals surface area contributed by atoms with Crippen molar-refractivity contribution < 1.29 is 9.84 Å². The summed E-state index contributed by atoms with van der Waals surface area (Å²) in [6.45, 7) is 7.17. The second-order valence-electron chi connectivity index (χ2n) is 1.18. The second kappa shape index (κ2) is 4.09. The van der Waals surface area contributed by atoms with Gasteiger partial charge in [-0.15, -0.1) is 0 Å². The third-order valence-electron chi connectivity index (χ3n) is 0.557. The first-order valence-electron chi connectivity index (χ1n) is 2.16. The highest BCUT2D eigenvalue weighted by molar-refractivity contribution is 4.55. The number of rotatable bonds is 3. The van der Waals surface area contributed by atoms with E-state index in [0.29, 0.717) is 6.61 Å². The van der Waals surface area contributed by atoms with E-state index < -0.39 is 0 Å². The van der Waals surface area contributed by atoms with Crippen LogP contribution in [0.15, 0.2) is 0 Å². The standard InChI is InChI=1S/C5H10O2/c1-3-7-5(2)4-6/h5-6H,1-4H2. The summed E-state index contributed by atoms with van der Waals surface area (Å²) in [5.41, 5.74) is 0. The first-order chi connectivity index (χ1) is 3.31. The van der Waals surface area contributed by atoms with Gasteiger partial charge in [0.25, 0.3) is 0 Å². The first-order valence-corrected chi connectivity index (χ1v) is 2.16. The normalized spacial score (nSPS) is 14.1. The largest absolute Gasteiger partial charge is 0.394 e. The molecule has 0 aliphatic carbocycles. The van der Waals surface area contributed by atoms with Crippen molar-refractivity contribution in [3.8, 4) is 0 Å². The summed E-state index contributed by atoms with van der Waals surface area (Å²) in [5.74, 6) is 0. The smallest absolute Gasteiger partial charge is 0.0806 e. The van der Waals surface area contributed by atoms with Crippen LogP contribution in [0, 0.1) is 13.8 Å². The van der Waals surface area contributed by atoms with E-state index in [1.165, 1.54) is 0 Å². The van der Waals surface area contributed by atoms with Gasteiger partial charge in [-0.25, -0.2) is 0 Å². The molecule has 0 heterocycles. The van der Waals surface area contributed by atoms with Crippen LogP contribution in [0.4, 0.5) is 0 Å². The molecular weight excluding hydrogens is 92.1 g/mol. The predicted molar refractivity (Wildman–Crippen MR) is 27.5 cm³/mol. The van der Waals surface area contributed by atoms with Crippen LogP contribution in [0.5, 0.6) is 0 Å². The van der Waals surface area contributed by atoms with Gasteiger partial charge in [-0.3, -0.25) is 0 Å². The Morgan fingerprint density at radius 1 is 1.71 bits per heavy atom. The zero-order chi connectivity index (χ0) is 5.70. The molecule has 1 unspecified atom stereocenters. The van der Waals surface area contributed by atoms with E-state index >= 15 is 0 Å². The van der Waals surface area contributed by atoms with Gasteiger partial charge < -0.3 is 9.84 Å². The van der Waals surface area contributed by atoms with Gasteiger partial charge in [0, 0.05) is 6.61 Å². The third-order valence-corrected chi connectivity index (χ3v) is 0.557. The van der Waals surface area contributed by atoms with Gasteiger partial charge in [0.1, 0.15) is 0 Å². The Labute approximate surface area is 44.1 Å². The monoisotopic (exact) mass is 102 g/mol. The van der Waals surface area contributed by atoms with Crippen LogP contribution in [-0.2, 0) is 4.74 Å². The van der Waals surface area contributed by atoms with Crippen molar-refractivity contribution in [2.45, 2.75) is 6.10 Å². The molecule has 1 N–H and O–H groups in total. The molecule has 0 aromatic rings. The fourth-order valence-electron chi connectivity index (χ4n) is 0.219. The molecule has 0 saturated heterocycles. The van der Waals surface area contributed by atoms with Gasteiger partial charge in [0.15, 0.2) is 0 Å². The van der Waals surface area contributed by atoms with Gasteiger partial charge in [-0.05, 0) is 13.8 Å². The van der Waals surface area contributed by atoms with Crippen molar-refractivity contribution in [2.75, 3.05) is 13.2 Å². The molecule has 42 valence electrons. The summed E-state index contributed by atoms with van der Waals surface area (Å²) in [5, 5.41) is 8.25. The van der Waals surface area contributed by atoms with Gasteiger partial charge in [0.2, 0.25) is 0 Å². The molecule has 0 bridgehead atoms. The average molecular weight is 102 g/mol. The fourth-order valence-corrected chi connectivity index (χ4v) is 0.219. The summed E-state index contributed by atoms with van der Waals surface area (Å²) in [6, 6.07) is 0. The number of hydrogen-bond acceptors (Lipinski definition) is 2. The number of aliphatic hydroxyl groups is 1. The highest BCUT2D eigenvalue weighted by atomic mass is 16.5. The van der Waals surface area contributed by atoms with Crippen LogP contribution >= 0.6 is 0 Å². The Kier molecular flexibility index (Phi) is 4.04. The maximum absolute atomic E-state index is 8.25. The lowest BCUT2D eigenvalue weighted by molar-refractivity contribution is 0.0572. The van der Waals surface area contributed by atoms with Crippen LogP contribution in [0.1, 0.15) is 0 Å². The number of ether oxygens (including phenoxy) is 1. The molecule has 0 amide bonds. The quantitative estimate of drug-likeness (QED) is 0.545. The zero-order valence-corrected chi connectivity index (χ0v) is 4.26.